The van der Waals surface area contributed by atoms with Crippen LogP contribution in [0.3, 0.4) is 0 Å². The van der Waals surface area contributed by atoms with Crippen molar-refractivity contribution in [1.82, 2.24) is 21.3 Å². The van der Waals surface area contributed by atoms with Crippen molar-refractivity contribution in [2.24, 2.45) is 0 Å². The van der Waals surface area contributed by atoms with E-state index in [1.807, 2.05) is 36.4 Å². The maximum absolute atomic E-state index is 13.6. The highest BCUT2D eigenvalue weighted by Gasteiger charge is 2.25. The summed E-state index contributed by atoms with van der Waals surface area (Å²) < 4.78 is 15.4. The van der Waals surface area contributed by atoms with E-state index in [1.54, 1.807) is 18.2 Å². The van der Waals surface area contributed by atoms with Crippen molar-refractivity contribution in [3.8, 4) is 11.5 Å². The Balaban J connectivity index is 1.25. The van der Waals surface area contributed by atoms with E-state index >= 15 is 0 Å². The molecule has 13 heteroatoms. The van der Waals surface area contributed by atoms with Crippen LogP contribution in [0.5, 0.6) is 11.5 Å². The third-order valence-corrected chi connectivity index (χ3v) is 9.49. The van der Waals surface area contributed by atoms with Crippen molar-refractivity contribution < 1.29 is 38.5 Å². The predicted octanol–water partition coefficient (Wildman–Crippen LogP) is 6.27. The molecule has 4 aromatic carbocycles. The normalized spacial score (nSPS) is 12.6. The molecule has 2 atom stereocenters. The molecule has 4 aromatic rings. The Hall–Kier alpha value is -6.24. The Labute approximate surface area is 321 Å². The molecule has 0 radical (unpaired) electrons. The van der Waals surface area contributed by atoms with Crippen molar-refractivity contribution in [2.75, 3.05) is 25.3 Å². The smallest absolute Gasteiger partial charge is 0.406 e. The number of aliphatic carboxylic acids is 1. The average Bonchev–Trinajstić information content (AvgIpc) is 3.66. The lowest BCUT2D eigenvalue weighted by Crippen LogP contribution is -2.50. The Morgan fingerprint density at radius 1 is 0.800 bits per heavy atom. The second kappa shape index (κ2) is 19.7. The molecule has 0 fully saturated rings. The van der Waals surface area contributed by atoms with E-state index in [-0.39, 0.29) is 19.8 Å². The number of hydrogen-bond donors (Lipinski definition) is 5. The summed E-state index contributed by atoms with van der Waals surface area (Å²) in [4.78, 5) is 52.5. The predicted molar refractivity (Wildman–Crippen MR) is 208 cm³/mol. The number of carbonyl (C=O) groups excluding carboxylic acids is 3. The summed E-state index contributed by atoms with van der Waals surface area (Å²) in [5, 5.41) is 20.6. The molecule has 0 saturated carbocycles. The summed E-state index contributed by atoms with van der Waals surface area (Å²) in [6.45, 7) is 6.28. The van der Waals surface area contributed by atoms with Gasteiger partial charge >= 0.3 is 18.1 Å². The van der Waals surface area contributed by atoms with Crippen LogP contribution in [0.15, 0.2) is 91.0 Å². The van der Waals surface area contributed by atoms with Crippen LogP contribution in [0.2, 0.25) is 0 Å². The van der Waals surface area contributed by atoms with Gasteiger partial charge in [0.05, 0.1) is 19.6 Å². The average molecular weight is 752 g/mol. The van der Waals surface area contributed by atoms with Crippen LogP contribution in [0.1, 0.15) is 65.1 Å². The molecule has 1 aliphatic heterocycles. The van der Waals surface area contributed by atoms with Gasteiger partial charge in [-0.3, -0.25) is 9.59 Å². The Bertz CT molecular complexity index is 1890. The van der Waals surface area contributed by atoms with Crippen LogP contribution in [0.25, 0.3) is 0 Å². The van der Waals surface area contributed by atoms with Crippen LogP contribution in [-0.4, -0.2) is 55.6 Å². The molecule has 5 N–H and O–H groups in total. The summed E-state index contributed by atoms with van der Waals surface area (Å²) in [6, 6.07) is 27.2. The van der Waals surface area contributed by atoms with Crippen LogP contribution in [-0.2, 0) is 34.0 Å². The van der Waals surface area contributed by atoms with Gasteiger partial charge in [-0.2, -0.15) is 0 Å². The molecule has 0 saturated heterocycles. The van der Waals surface area contributed by atoms with Gasteiger partial charge in [-0.1, -0.05) is 66.7 Å². The summed E-state index contributed by atoms with van der Waals surface area (Å²) in [7, 11) is 1.28. The number of nitrogens with zero attached hydrogens (tertiary/aromatic N) is 1. The number of carbonyl (C=O) groups is 4. The zero-order chi connectivity index (χ0) is 39.2. The fourth-order valence-electron chi connectivity index (χ4n) is 6.28. The number of ether oxygens (including phenoxy) is 3. The van der Waals surface area contributed by atoms with Crippen LogP contribution in [0.4, 0.5) is 15.3 Å². The van der Waals surface area contributed by atoms with E-state index in [1.165, 1.54) is 29.4 Å². The number of carboxylic acid groups (broad SMARTS) is 1. The van der Waals surface area contributed by atoms with Crippen molar-refractivity contribution in [1.29, 1.82) is 0 Å². The highest BCUT2D eigenvalue weighted by molar-refractivity contribution is 5.87. The second-order valence-electron chi connectivity index (χ2n) is 13.4. The Kier molecular flexibility index (Phi) is 14.3. The quantitative estimate of drug-likeness (QED) is 0.0737. The van der Waals surface area contributed by atoms with Gasteiger partial charge in [-0.05, 0) is 90.8 Å². The summed E-state index contributed by atoms with van der Waals surface area (Å²) >= 11 is 0. The molecule has 13 nitrogen and oxygen atoms in total. The molecule has 0 unspecified atom stereocenters. The molecule has 55 heavy (non-hydrogen) atoms. The zero-order valence-electron chi connectivity index (χ0n) is 31.4. The monoisotopic (exact) mass is 751 g/mol. The number of rotatable bonds is 18. The van der Waals surface area contributed by atoms with E-state index < -0.39 is 42.5 Å². The largest absolute Gasteiger partial charge is 0.481 e. The molecule has 5 rings (SSSR count). The number of aryl methyl sites for hydroxylation is 2. The Morgan fingerprint density at radius 3 is 2.09 bits per heavy atom. The molecule has 290 valence electrons. The SMILES string of the molecule is COC(=O)NCCCC[C@H](NC(=O)N[C@@H](CC(=O)O)c1ccc2c(c1)OCO2)C(=O)NCc1ccc(N(Cc2ccccc2C)Cc2ccccc2C)cc1. The summed E-state index contributed by atoms with van der Waals surface area (Å²) in [5.41, 5.74) is 7.34. The number of amides is 4. The van der Waals surface area contributed by atoms with Crippen molar-refractivity contribution in [3.05, 3.63) is 124 Å². The number of unbranched alkanes of at least 4 members (excludes halogenated alkanes) is 1. The molecule has 0 bridgehead atoms. The first-order chi connectivity index (χ1) is 26.6. The van der Waals surface area contributed by atoms with E-state index in [2.05, 4.69) is 81.1 Å². The van der Waals surface area contributed by atoms with Gasteiger partial charge in [0.2, 0.25) is 12.7 Å². The molecule has 4 amide bonds. The first-order valence-corrected chi connectivity index (χ1v) is 18.3. The number of benzene rings is 4. The minimum atomic E-state index is -1.12. The molecular weight excluding hydrogens is 702 g/mol. The molecular formula is C42H49N5O8. The van der Waals surface area contributed by atoms with Crippen LogP contribution < -0.4 is 35.6 Å². The fraction of sp³-hybridized carbons (Fsp3) is 0.333. The summed E-state index contributed by atoms with van der Waals surface area (Å²) in [6.07, 6.45) is 0.340. The number of anilines is 1. The summed E-state index contributed by atoms with van der Waals surface area (Å²) in [5.74, 6) is -0.544. The number of alkyl carbamates (subject to hydrolysis) is 1. The van der Waals surface area contributed by atoms with Crippen molar-refractivity contribution in [2.45, 2.75) is 71.2 Å². The number of nitrogens with one attached hydrogen (secondary N) is 4. The first kappa shape index (κ1) is 40.0. The lowest BCUT2D eigenvalue weighted by atomic mass is 10.0. The highest BCUT2D eigenvalue weighted by atomic mass is 16.7. The molecule has 1 aliphatic rings. The van der Waals surface area contributed by atoms with Crippen molar-refractivity contribution in [3.63, 3.8) is 0 Å². The maximum Gasteiger partial charge on any atom is 0.406 e. The van der Waals surface area contributed by atoms with Crippen molar-refractivity contribution >= 4 is 29.7 Å². The van der Waals surface area contributed by atoms with Gasteiger partial charge in [0.25, 0.3) is 0 Å². The van der Waals surface area contributed by atoms with E-state index in [4.69, 9.17) is 9.47 Å². The standard InChI is InChI=1S/C42H49N5O8/c1-28-10-4-6-12-32(28)25-47(26-33-13-7-5-11-29(33)2)34-18-15-30(16-19-34)24-44-40(50)35(14-8-9-21-43-42(52)53-3)45-41(51)46-36(23-39(48)49)31-17-20-37-38(22-31)55-27-54-37/h4-7,10-13,15-20,22,35-36H,8-9,14,21,23-27H2,1-3H3,(H,43,52)(H,44,50)(H,48,49)(H2,45,46,51)/t35-,36-/m0/s1. The van der Waals surface area contributed by atoms with Gasteiger partial charge < -0.3 is 45.5 Å². The highest BCUT2D eigenvalue weighted by Crippen LogP contribution is 2.35. The number of methoxy groups -OCH3 is 1. The third-order valence-electron chi connectivity index (χ3n) is 9.49. The lowest BCUT2D eigenvalue weighted by Gasteiger charge is -2.27. The lowest BCUT2D eigenvalue weighted by molar-refractivity contribution is -0.137. The molecule has 0 aliphatic carbocycles. The topological polar surface area (TPSA) is 168 Å². The second-order valence-corrected chi connectivity index (χ2v) is 13.4. The molecule has 0 aromatic heterocycles. The first-order valence-electron chi connectivity index (χ1n) is 18.3. The fourth-order valence-corrected chi connectivity index (χ4v) is 6.28. The maximum atomic E-state index is 13.6. The molecule has 0 spiro atoms. The number of hydrogen-bond acceptors (Lipinski definition) is 8. The van der Waals surface area contributed by atoms with Gasteiger partial charge in [0, 0.05) is 31.9 Å². The third kappa shape index (κ3) is 11.9. The number of fused-ring (bicyclic) bond motifs is 1. The zero-order valence-corrected chi connectivity index (χ0v) is 31.4. The van der Waals surface area contributed by atoms with Crippen LogP contribution >= 0.6 is 0 Å². The number of carboxylic acids is 1. The van der Waals surface area contributed by atoms with Gasteiger partial charge in [-0.25, -0.2) is 9.59 Å². The van der Waals surface area contributed by atoms with E-state index in [9.17, 15) is 24.3 Å². The van der Waals surface area contributed by atoms with Crippen LogP contribution in [0, 0.1) is 13.8 Å². The number of urea groups is 1. The van der Waals surface area contributed by atoms with Gasteiger partial charge in [0.1, 0.15) is 6.04 Å². The molecule has 1 heterocycles. The van der Waals surface area contributed by atoms with Gasteiger partial charge in [-0.15, -0.1) is 0 Å². The van der Waals surface area contributed by atoms with E-state index in [0.717, 1.165) is 24.3 Å². The van der Waals surface area contributed by atoms with E-state index in [0.29, 0.717) is 36.4 Å². The Morgan fingerprint density at radius 2 is 1.45 bits per heavy atom. The minimum absolute atomic E-state index is 0.0484. The minimum Gasteiger partial charge on any atom is -0.481 e. The van der Waals surface area contributed by atoms with Gasteiger partial charge in [0.15, 0.2) is 11.5 Å².